The summed E-state index contributed by atoms with van der Waals surface area (Å²) in [6, 6.07) is 4.03. The van der Waals surface area contributed by atoms with Gasteiger partial charge in [0.2, 0.25) is 0 Å². The number of hydroxylamine groups is 1. The van der Waals surface area contributed by atoms with Gasteiger partial charge in [0.1, 0.15) is 23.9 Å². The van der Waals surface area contributed by atoms with Crippen LogP contribution < -0.4 is 15.1 Å². The van der Waals surface area contributed by atoms with Crippen LogP contribution >= 0.6 is 0 Å². The second kappa shape index (κ2) is 7.39. The minimum absolute atomic E-state index is 0.288. The van der Waals surface area contributed by atoms with E-state index in [1.807, 2.05) is 0 Å². The van der Waals surface area contributed by atoms with E-state index < -0.39 is 5.82 Å². The van der Waals surface area contributed by atoms with Crippen LogP contribution in [0, 0.1) is 5.82 Å². The first-order valence-electron chi connectivity index (χ1n) is 5.18. The van der Waals surface area contributed by atoms with Crippen molar-refractivity contribution in [2.45, 2.75) is 0 Å². The largest absolute Gasteiger partial charge is 0.497 e. The smallest absolute Gasteiger partial charge is 0.161 e. The number of nitrogens with one attached hydrogen (secondary N) is 1. The van der Waals surface area contributed by atoms with Crippen molar-refractivity contribution in [3.8, 4) is 11.5 Å². The molecule has 1 rings (SSSR count). The average molecular weight is 257 g/mol. The monoisotopic (exact) mass is 257 g/mol. The predicted octanol–water partition coefficient (Wildman–Crippen LogP) is 1.85. The fourth-order valence-corrected chi connectivity index (χ4v) is 1.18. The minimum atomic E-state index is -0.445. The maximum Gasteiger partial charge on any atom is 0.161 e. The zero-order chi connectivity index (χ0) is 13.4. The van der Waals surface area contributed by atoms with Crippen LogP contribution in [0.25, 0.3) is 0 Å². The van der Waals surface area contributed by atoms with Crippen LogP contribution in [0.2, 0.25) is 0 Å². The van der Waals surface area contributed by atoms with Gasteiger partial charge < -0.3 is 19.0 Å². The Balaban J connectivity index is 2.60. The molecule has 0 saturated heterocycles. The van der Waals surface area contributed by atoms with Crippen molar-refractivity contribution in [3.63, 3.8) is 0 Å². The fourth-order valence-electron chi connectivity index (χ4n) is 1.18. The Labute approximate surface area is 105 Å². The van der Waals surface area contributed by atoms with Gasteiger partial charge in [0.25, 0.3) is 0 Å². The summed E-state index contributed by atoms with van der Waals surface area (Å²) in [5, 5.41) is 0. The number of hydrogen-bond acceptors (Lipinski definition) is 5. The summed E-state index contributed by atoms with van der Waals surface area (Å²) < 4.78 is 27.9. The standard InChI is InChI=1S/C12H16FNO4/c1-15-8-12(17-3)7-14-18-11-5-9(13)4-10(6-11)16-2/h4-7,14H,8H2,1-3H3. The van der Waals surface area contributed by atoms with Gasteiger partial charge >= 0.3 is 0 Å². The Kier molecular flexibility index (Phi) is 5.79. The third-order valence-electron chi connectivity index (χ3n) is 2.03. The van der Waals surface area contributed by atoms with Gasteiger partial charge in [-0.15, -0.1) is 0 Å². The molecule has 1 aromatic carbocycles. The van der Waals surface area contributed by atoms with E-state index in [0.29, 0.717) is 18.1 Å². The van der Waals surface area contributed by atoms with Crippen molar-refractivity contribution in [3.05, 3.63) is 36.0 Å². The first-order chi connectivity index (χ1) is 8.69. The van der Waals surface area contributed by atoms with Gasteiger partial charge in [-0.3, -0.25) is 0 Å². The first kappa shape index (κ1) is 14.1. The molecule has 1 N–H and O–H groups in total. The summed E-state index contributed by atoms with van der Waals surface area (Å²) in [7, 11) is 4.51. The van der Waals surface area contributed by atoms with Crippen molar-refractivity contribution in [2.24, 2.45) is 0 Å². The molecule has 6 heteroatoms. The topological polar surface area (TPSA) is 49.0 Å². The average Bonchev–Trinajstić information content (AvgIpc) is 2.37. The molecule has 0 amide bonds. The molecular formula is C12H16FNO4. The van der Waals surface area contributed by atoms with Crippen LogP contribution in [-0.2, 0) is 9.47 Å². The molecule has 0 heterocycles. The lowest BCUT2D eigenvalue weighted by molar-refractivity contribution is 0.151. The van der Waals surface area contributed by atoms with E-state index in [0.717, 1.165) is 0 Å². The van der Waals surface area contributed by atoms with E-state index >= 15 is 0 Å². The number of ether oxygens (including phenoxy) is 3. The molecule has 0 atom stereocenters. The van der Waals surface area contributed by atoms with E-state index in [4.69, 9.17) is 19.0 Å². The highest BCUT2D eigenvalue weighted by Gasteiger charge is 2.02. The minimum Gasteiger partial charge on any atom is -0.497 e. The predicted molar refractivity (Wildman–Crippen MR) is 63.7 cm³/mol. The first-order valence-corrected chi connectivity index (χ1v) is 5.18. The van der Waals surface area contributed by atoms with E-state index in [-0.39, 0.29) is 5.75 Å². The molecule has 0 saturated carbocycles. The maximum atomic E-state index is 13.1. The molecule has 1 aromatic rings. The van der Waals surface area contributed by atoms with Crippen molar-refractivity contribution < 1.29 is 23.4 Å². The lowest BCUT2D eigenvalue weighted by Crippen LogP contribution is -2.13. The second-order valence-electron chi connectivity index (χ2n) is 3.29. The number of halogens is 1. The number of methoxy groups -OCH3 is 3. The van der Waals surface area contributed by atoms with Gasteiger partial charge in [0.05, 0.1) is 20.4 Å². The Bertz CT molecular complexity index is 409. The van der Waals surface area contributed by atoms with Gasteiger partial charge in [0, 0.05) is 25.3 Å². The molecule has 0 aliphatic carbocycles. The van der Waals surface area contributed by atoms with Crippen LogP contribution in [-0.4, -0.2) is 27.9 Å². The SMILES string of the molecule is COCC(=CNOc1cc(F)cc(OC)c1)OC. The van der Waals surface area contributed by atoms with Crippen LogP contribution in [0.15, 0.2) is 30.2 Å². The number of hydrogen-bond donors (Lipinski definition) is 1. The zero-order valence-corrected chi connectivity index (χ0v) is 10.5. The highest BCUT2D eigenvalue weighted by molar-refractivity contribution is 5.33. The third kappa shape index (κ3) is 4.50. The molecular weight excluding hydrogens is 241 g/mol. The van der Waals surface area contributed by atoms with Crippen molar-refractivity contribution in [1.29, 1.82) is 0 Å². The zero-order valence-electron chi connectivity index (χ0n) is 10.5. The molecule has 0 aromatic heterocycles. The third-order valence-corrected chi connectivity index (χ3v) is 2.03. The van der Waals surface area contributed by atoms with E-state index in [2.05, 4.69) is 5.48 Å². The molecule has 100 valence electrons. The molecule has 0 aliphatic rings. The Morgan fingerprint density at radius 2 is 1.94 bits per heavy atom. The quantitative estimate of drug-likeness (QED) is 0.596. The normalized spacial score (nSPS) is 11.0. The summed E-state index contributed by atoms with van der Waals surface area (Å²) in [6.45, 7) is 0.305. The van der Waals surface area contributed by atoms with E-state index in [1.54, 1.807) is 13.2 Å². The van der Waals surface area contributed by atoms with Gasteiger partial charge in [-0.25, -0.2) is 9.87 Å². The van der Waals surface area contributed by atoms with Crippen LogP contribution in [0.1, 0.15) is 0 Å². The van der Waals surface area contributed by atoms with Gasteiger partial charge in [-0.05, 0) is 0 Å². The van der Waals surface area contributed by atoms with Crippen molar-refractivity contribution >= 4 is 0 Å². The summed E-state index contributed by atoms with van der Waals surface area (Å²) in [4.78, 5) is 5.13. The fraction of sp³-hybridized carbons (Fsp3) is 0.333. The van der Waals surface area contributed by atoms with Crippen LogP contribution in [0.4, 0.5) is 4.39 Å². The number of rotatable bonds is 7. The molecule has 0 bridgehead atoms. The van der Waals surface area contributed by atoms with Gasteiger partial charge in [-0.1, -0.05) is 0 Å². The highest BCUT2D eigenvalue weighted by Crippen LogP contribution is 2.21. The molecule has 0 aliphatic heterocycles. The summed E-state index contributed by atoms with van der Waals surface area (Å²) in [6.07, 6.45) is 1.47. The summed E-state index contributed by atoms with van der Waals surface area (Å²) >= 11 is 0. The molecule has 0 radical (unpaired) electrons. The number of benzene rings is 1. The Morgan fingerprint density at radius 1 is 1.22 bits per heavy atom. The van der Waals surface area contributed by atoms with Gasteiger partial charge in [0.15, 0.2) is 5.75 Å². The van der Waals surface area contributed by atoms with Crippen LogP contribution in [0.5, 0.6) is 11.5 Å². The molecule has 0 spiro atoms. The van der Waals surface area contributed by atoms with E-state index in [9.17, 15) is 4.39 Å². The van der Waals surface area contributed by atoms with E-state index in [1.165, 1.54) is 32.6 Å². The maximum absolute atomic E-state index is 13.1. The summed E-state index contributed by atoms with van der Waals surface area (Å²) in [5.41, 5.74) is 2.53. The van der Waals surface area contributed by atoms with Crippen LogP contribution in [0.3, 0.4) is 0 Å². The lowest BCUT2D eigenvalue weighted by Gasteiger charge is -2.08. The molecule has 0 fully saturated rings. The lowest BCUT2D eigenvalue weighted by atomic mass is 10.3. The van der Waals surface area contributed by atoms with Gasteiger partial charge in [-0.2, -0.15) is 0 Å². The Hall–Kier alpha value is -1.95. The molecule has 0 unspecified atom stereocenters. The van der Waals surface area contributed by atoms with Crippen molar-refractivity contribution in [2.75, 3.05) is 27.9 Å². The van der Waals surface area contributed by atoms with Crippen molar-refractivity contribution in [1.82, 2.24) is 5.48 Å². The Morgan fingerprint density at radius 3 is 2.56 bits per heavy atom. The summed E-state index contributed by atoms with van der Waals surface area (Å²) in [5.74, 6) is 0.760. The molecule has 18 heavy (non-hydrogen) atoms. The molecule has 5 nitrogen and oxygen atoms in total. The second-order valence-corrected chi connectivity index (χ2v) is 3.29. The highest BCUT2D eigenvalue weighted by atomic mass is 19.1.